The molecule has 1 heterocycles. The molecule has 0 fully saturated rings. The Labute approximate surface area is 708 Å². The van der Waals surface area contributed by atoms with Crippen molar-refractivity contribution in [3.63, 3.8) is 0 Å². The fourth-order valence-electron chi connectivity index (χ4n) is 7.29. The molecule has 0 spiro atoms. The van der Waals surface area contributed by atoms with E-state index in [0.717, 1.165) is 35.4 Å². The van der Waals surface area contributed by atoms with Crippen molar-refractivity contribution in [2.75, 3.05) is 13.7 Å². The van der Waals surface area contributed by atoms with E-state index in [-0.39, 0.29) is 27.8 Å². The Hall–Kier alpha value is -9.15. The first-order chi connectivity index (χ1) is 55.8. The summed E-state index contributed by atoms with van der Waals surface area (Å²) >= 11 is 0. The summed E-state index contributed by atoms with van der Waals surface area (Å²) in [5, 5.41) is 125. The number of ketones is 1. The van der Waals surface area contributed by atoms with E-state index in [4.69, 9.17) is 26.3 Å². The summed E-state index contributed by atoms with van der Waals surface area (Å²) in [6.45, 7) is 24.9. The number of carbonyl (C=O) groups is 2. The van der Waals surface area contributed by atoms with Crippen LogP contribution in [0.15, 0.2) is 144 Å². The van der Waals surface area contributed by atoms with Crippen LogP contribution >= 0.6 is 0 Å². The number of ether oxygens (including phenoxy) is 1. The molecular formula is C80H86F30NO16-11. The molecule has 47 heteroatoms. The van der Waals surface area contributed by atoms with Crippen molar-refractivity contribution in [1.82, 2.24) is 0 Å². The number of methoxy groups -OCH3 is 1. The lowest BCUT2D eigenvalue weighted by atomic mass is 9.90. The molecule has 0 aliphatic carbocycles. The first-order valence-electron chi connectivity index (χ1n) is 34.8. The molecule has 9 atom stereocenters. The summed E-state index contributed by atoms with van der Waals surface area (Å²) in [5.74, 6) is -1.31. The molecule has 0 aliphatic rings. The van der Waals surface area contributed by atoms with E-state index in [2.05, 4.69) is 15.8 Å². The number of aryl methyl sites for hydroxylation is 6. The maximum Gasteiger partial charge on any atom is 0.386 e. The first-order valence-corrected chi connectivity index (χ1v) is 34.8. The van der Waals surface area contributed by atoms with E-state index >= 15 is 0 Å². The molecule has 127 heavy (non-hydrogen) atoms. The van der Waals surface area contributed by atoms with Gasteiger partial charge in [-0.25, -0.2) is 6.57 Å². The summed E-state index contributed by atoms with van der Waals surface area (Å²) in [6, 6.07) is 28.1. The lowest BCUT2D eigenvalue weighted by Crippen LogP contribution is -2.58. The van der Waals surface area contributed by atoms with Crippen LogP contribution < -0.4 is 60.9 Å². The van der Waals surface area contributed by atoms with Gasteiger partial charge in [-0.3, -0.25) is 0 Å². The number of benzene rings is 5. The van der Waals surface area contributed by atoms with Crippen LogP contribution in [0.5, 0.6) is 5.75 Å². The molecule has 5 aromatic carbocycles. The molecule has 6 rings (SSSR count). The van der Waals surface area contributed by atoms with E-state index in [1.807, 2.05) is 0 Å². The molecule has 0 saturated carbocycles. The molecule has 728 valence electrons. The molecule has 0 aliphatic heterocycles. The van der Waals surface area contributed by atoms with Gasteiger partial charge in [-0.2, -0.15) is 132 Å². The van der Waals surface area contributed by atoms with Gasteiger partial charge in [0.2, 0.25) is 12.7 Å². The number of rotatable bonds is 11. The van der Waals surface area contributed by atoms with Crippen LogP contribution in [0.25, 0.3) is 4.85 Å². The topological polar surface area (TPSA) is 335 Å². The van der Waals surface area contributed by atoms with Gasteiger partial charge in [-0.05, 0) is 135 Å². The van der Waals surface area contributed by atoms with Crippen molar-refractivity contribution in [3.8, 4) is 5.75 Å². The summed E-state index contributed by atoms with van der Waals surface area (Å²) in [5.41, 5.74) is -28.5. The van der Waals surface area contributed by atoms with Crippen molar-refractivity contribution in [1.29, 1.82) is 0 Å². The number of nitrogens with zero attached hydrogens (tertiary/aromatic N) is 1. The second-order valence-corrected chi connectivity index (χ2v) is 28.8. The van der Waals surface area contributed by atoms with Crippen LogP contribution in [0, 0.1) is 48.1 Å². The minimum atomic E-state index is -4.99. The Kier molecular flexibility index (Phi) is 46.7. The number of alkyl halides is 30. The maximum atomic E-state index is 12.5. The highest BCUT2D eigenvalue weighted by molar-refractivity contribution is 5.84. The minimum absolute atomic E-state index is 0.199. The van der Waals surface area contributed by atoms with Gasteiger partial charge in [0.15, 0.2) is 0 Å². The SMILES string of the molecule is C=CCC(C)([O-])C(F)(F)F.CC(=O)C(C)([O-])C(F)(F)F.CC(C)([O-])C(F)(F)F.CC([O-])(c1ccccc1)C(F)(F)F.COc1ccc(C(C)([O-])C(F)(F)F)cc1.Cc1ccc(C(C)([O-])C(F)(F)F)cc1.Cc1ccc(C(C)([O-])C(F)(F)F)cc1C.Cc1ccc(C(C)([O-])C(F)(F)F)o1.Cc1ccc(C)c(C(C)([O-])C(F)(F)F)c1.O=C([O-])O.[C-]#[N+]CC(C)([O-])C(F)(F)F. The lowest BCUT2D eigenvalue weighted by Gasteiger charge is -2.40. The van der Waals surface area contributed by atoms with Crippen molar-refractivity contribution in [3.05, 3.63) is 219 Å². The second kappa shape index (κ2) is 46.9. The number of carbonyl (C=O) groups excluding carboxylic acids is 1. The predicted molar refractivity (Wildman–Crippen MR) is 375 cm³/mol. The number of halogens is 30. The molecule has 0 radical (unpaired) electrons. The largest absolute Gasteiger partial charge is 0.843 e. The van der Waals surface area contributed by atoms with Crippen molar-refractivity contribution >= 4 is 11.9 Å². The standard InChI is InChI=1S/2C11H12F3O.C10H10F3O2.C10H10F3O.C9H8F3O.C8H8F3O2.C6H8F3O.C5H5F3NO.C5H6F3O2.C4H6F3O.CH2O3/c1-7-4-5-9(6-8(7)2)10(3,15)11(12,13)14;1-7-4-5-8(2)9(6-7)10(3,15)11(12,13)14;1-9(14,10(11,12)13)7-3-5-8(15-2)6-4-7;1-7-3-5-8(6-4-7)9(2,14)10(11,12)13;1-8(13,9(10,11)12)7-5-3-2-4-6-7;1-5-3-4-6(13-5)7(2,12)8(9,10)11;1-3-4-5(2,10)6(7,8)9;1-4(10,3-9-2)5(6,7)8;1-3(9)4(2,10)5(6,7)8;1-3(2,8)4(5,6)7;2-1(3)4/h2*4-6H,1-3H3;3-6H,1-2H3;3-6H,1-2H3;2-6H,1H3;3-4H,1-2H3;3H,1,4H2,2H3;3H2,1H3;1-2H3;1-2H3;(H2,2,3,4)/q10*-1;/p-1. The third-order valence-corrected chi connectivity index (χ3v) is 17.0. The minimum Gasteiger partial charge on any atom is -0.843 e. The van der Waals surface area contributed by atoms with Gasteiger partial charge in [0.25, 0.3) is 0 Å². The Morgan fingerprint density at radius 2 is 0.701 bits per heavy atom. The van der Waals surface area contributed by atoms with Gasteiger partial charge < -0.3 is 84.9 Å². The summed E-state index contributed by atoms with van der Waals surface area (Å²) in [4.78, 5) is 20.9. The quantitative estimate of drug-likeness (QED) is 0.0715. The lowest BCUT2D eigenvalue weighted by molar-refractivity contribution is -0.548. The first kappa shape index (κ1) is 126. The summed E-state index contributed by atoms with van der Waals surface area (Å²) < 4.78 is 369. The molecule has 0 saturated heterocycles. The average Bonchev–Trinajstić information content (AvgIpc) is 1.15. The number of furan rings is 1. The smallest absolute Gasteiger partial charge is 0.386 e. The average molecular weight is 1890 g/mol. The van der Waals surface area contributed by atoms with E-state index in [0.29, 0.717) is 111 Å². The highest BCUT2D eigenvalue weighted by atomic mass is 19.4. The predicted octanol–water partition coefficient (Wildman–Crippen LogP) is 14.1. The van der Waals surface area contributed by atoms with Crippen LogP contribution in [-0.2, 0) is 38.4 Å². The van der Waals surface area contributed by atoms with Crippen LogP contribution in [-0.4, -0.2) is 115 Å². The van der Waals surface area contributed by atoms with Gasteiger partial charge >= 0.3 is 61.8 Å². The highest BCUT2D eigenvalue weighted by Crippen LogP contribution is 2.43. The molecule has 9 unspecified atom stereocenters. The summed E-state index contributed by atoms with van der Waals surface area (Å²) in [7, 11) is 1.40. The zero-order chi connectivity index (χ0) is 103. The van der Waals surface area contributed by atoms with Crippen LogP contribution in [0.2, 0.25) is 0 Å². The monoisotopic (exact) mass is 1890 g/mol. The zero-order valence-electron chi connectivity index (χ0n) is 70.2. The highest BCUT2D eigenvalue weighted by Gasteiger charge is 2.50. The van der Waals surface area contributed by atoms with Crippen LogP contribution in [0.4, 0.5) is 137 Å². The Balaban J connectivity index is -0.000000434. The molecule has 17 nitrogen and oxygen atoms in total. The maximum absolute atomic E-state index is 12.5. The van der Waals surface area contributed by atoms with E-state index in [1.54, 1.807) is 39.8 Å². The van der Waals surface area contributed by atoms with Gasteiger partial charge in [0, 0.05) is 39.2 Å². The van der Waals surface area contributed by atoms with E-state index in [1.165, 1.54) is 118 Å². The summed E-state index contributed by atoms with van der Waals surface area (Å²) in [6.07, 6.45) is -49.5. The van der Waals surface area contributed by atoms with Crippen molar-refractivity contribution in [2.45, 2.75) is 249 Å². The molecular weight excluding hydrogens is 1800 g/mol. The van der Waals surface area contributed by atoms with Crippen LogP contribution in [0.1, 0.15) is 157 Å². The van der Waals surface area contributed by atoms with Crippen molar-refractivity contribution < 1.29 is 212 Å². The molecule has 6 aromatic rings. The van der Waals surface area contributed by atoms with Gasteiger partial charge in [0.1, 0.15) is 23.1 Å². The fourth-order valence-corrected chi connectivity index (χ4v) is 7.29. The number of Topliss-reactive ketones (excluding diaryl/α,β-unsaturated/α-hetero) is 1. The molecule has 1 aromatic heterocycles. The van der Waals surface area contributed by atoms with E-state index < -0.39 is 148 Å². The number of hydrogen-bond donors (Lipinski definition) is 1. The second-order valence-electron chi connectivity index (χ2n) is 28.8. The number of carboxylic acid groups (broad SMARTS) is 2. The third kappa shape index (κ3) is 40.2. The zero-order valence-corrected chi connectivity index (χ0v) is 70.2. The third-order valence-electron chi connectivity index (χ3n) is 17.0. The van der Waals surface area contributed by atoms with Gasteiger partial charge in [0.05, 0.1) is 12.7 Å². The van der Waals surface area contributed by atoms with Gasteiger partial charge in [-0.1, -0.05) is 196 Å². The fraction of sp³-hybridized carbons (Fsp3) is 0.512. The normalized spacial score (nSPS) is 16.3. The Morgan fingerprint density at radius 3 is 0.945 bits per heavy atom. The van der Waals surface area contributed by atoms with Gasteiger partial charge in [-0.15, -0.1) is 6.58 Å². The Morgan fingerprint density at radius 1 is 0.394 bits per heavy atom. The number of hydrogen-bond acceptors (Lipinski definition) is 15. The van der Waals surface area contributed by atoms with Crippen molar-refractivity contribution in [2.24, 2.45) is 0 Å². The molecule has 1 N–H and O–H groups in total. The Bertz CT molecular complexity index is 4300. The van der Waals surface area contributed by atoms with E-state index in [9.17, 15) is 188 Å². The molecule has 0 bridgehead atoms. The van der Waals surface area contributed by atoms with Crippen LogP contribution in [0.3, 0.4) is 0 Å². The molecule has 0 amide bonds.